The Labute approximate surface area is 184 Å². The van der Waals surface area contributed by atoms with Crippen molar-refractivity contribution in [1.29, 1.82) is 0 Å². The number of benzene rings is 1. The fourth-order valence-electron chi connectivity index (χ4n) is 2.63. The maximum Gasteiger partial charge on any atom is 0.191 e. The Morgan fingerprint density at radius 2 is 1.93 bits per heavy atom. The predicted molar refractivity (Wildman–Crippen MR) is 127 cm³/mol. The fourth-order valence-corrected chi connectivity index (χ4v) is 3.48. The topological polar surface area (TPSA) is 52.6 Å². The lowest BCUT2D eigenvalue weighted by Gasteiger charge is -2.17. The number of halogens is 1. The molecule has 0 bridgehead atoms. The summed E-state index contributed by atoms with van der Waals surface area (Å²) in [5.74, 6) is 0.865. The third-order valence-electron chi connectivity index (χ3n) is 4.09. The molecule has 1 aromatic heterocycles. The zero-order valence-electron chi connectivity index (χ0n) is 16.8. The standard InChI is InChI=1S/C20H31N5S.HI/c1-5-21-20(23-14-19-24-16(2)17(3)26-19)22-12-9-13-25(4)15-18-10-7-6-8-11-18;/h6-8,10-11H,5,9,12-15H2,1-4H3,(H2,21,22,23);1H. The van der Waals surface area contributed by atoms with Gasteiger partial charge in [0.25, 0.3) is 0 Å². The molecular formula is C20H32IN5S. The van der Waals surface area contributed by atoms with E-state index in [2.05, 4.69) is 83.7 Å². The van der Waals surface area contributed by atoms with Gasteiger partial charge in [0.05, 0.1) is 12.2 Å². The maximum atomic E-state index is 4.65. The molecule has 1 heterocycles. The van der Waals surface area contributed by atoms with Crippen molar-refractivity contribution in [3.05, 3.63) is 51.5 Å². The first kappa shape index (κ1) is 23.8. The summed E-state index contributed by atoms with van der Waals surface area (Å²) in [6.07, 6.45) is 1.07. The first-order chi connectivity index (χ1) is 12.6. The van der Waals surface area contributed by atoms with Gasteiger partial charge >= 0.3 is 0 Å². The van der Waals surface area contributed by atoms with Crippen molar-refractivity contribution in [2.45, 2.75) is 40.3 Å². The number of nitrogens with zero attached hydrogens (tertiary/aromatic N) is 3. The van der Waals surface area contributed by atoms with Gasteiger partial charge in [0.15, 0.2) is 5.96 Å². The first-order valence-electron chi connectivity index (χ1n) is 9.26. The molecule has 0 aliphatic carbocycles. The molecule has 7 heteroatoms. The predicted octanol–water partition coefficient (Wildman–Crippen LogP) is 3.96. The average Bonchev–Trinajstić information content (AvgIpc) is 2.95. The van der Waals surface area contributed by atoms with Gasteiger partial charge in [-0.25, -0.2) is 9.98 Å². The summed E-state index contributed by atoms with van der Waals surface area (Å²) < 4.78 is 0. The van der Waals surface area contributed by atoms with E-state index in [0.717, 1.165) is 49.3 Å². The van der Waals surface area contributed by atoms with E-state index < -0.39 is 0 Å². The second-order valence-electron chi connectivity index (χ2n) is 6.45. The van der Waals surface area contributed by atoms with Gasteiger partial charge in [0, 0.05) is 24.5 Å². The van der Waals surface area contributed by atoms with Crippen molar-refractivity contribution < 1.29 is 0 Å². The van der Waals surface area contributed by atoms with Crippen LogP contribution >= 0.6 is 35.3 Å². The summed E-state index contributed by atoms with van der Waals surface area (Å²) in [7, 11) is 2.17. The molecular weight excluding hydrogens is 469 g/mol. The second kappa shape index (κ2) is 13.1. The summed E-state index contributed by atoms with van der Waals surface area (Å²) >= 11 is 1.73. The molecule has 0 atom stereocenters. The third kappa shape index (κ3) is 9.03. The van der Waals surface area contributed by atoms with Crippen molar-refractivity contribution in [2.24, 2.45) is 4.99 Å². The monoisotopic (exact) mass is 501 g/mol. The highest BCUT2D eigenvalue weighted by molar-refractivity contribution is 14.0. The SMILES string of the molecule is CCNC(=NCc1nc(C)c(C)s1)NCCCN(C)Cc1ccccc1.I. The zero-order chi connectivity index (χ0) is 18.8. The van der Waals surface area contributed by atoms with Crippen LogP contribution in [0.25, 0.3) is 0 Å². The molecule has 0 spiro atoms. The van der Waals surface area contributed by atoms with Crippen molar-refractivity contribution in [1.82, 2.24) is 20.5 Å². The van der Waals surface area contributed by atoms with Gasteiger partial charge in [0.2, 0.25) is 0 Å². The second-order valence-corrected chi connectivity index (χ2v) is 7.74. The zero-order valence-corrected chi connectivity index (χ0v) is 19.9. The highest BCUT2D eigenvalue weighted by Gasteiger charge is 2.04. The van der Waals surface area contributed by atoms with Crippen LogP contribution < -0.4 is 10.6 Å². The molecule has 0 aliphatic rings. The van der Waals surface area contributed by atoms with Crippen LogP contribution in [0.2, 0.25) is 0 Å². The number of hydrogen-bond acceptors (Lipinski definition) is 4. The quantitative estimate of drug-likeness (QED) is 0.237. The van der Waals surface area contributed by atoms with Gasteiger partial charge in [-0.2, -0.15) is 0 Å². The number of thiazole rings is 1. The van der Waals surface area contributed by atoms with Gasteiger partial charge in [0.1, 0.15) is 5.01 Å². The largest absolute Gasteiger partial charge is 0.357 e. The highest BCUT2D eigenvalue weighted by atomic mass is 127. The Morgan fingerprint density at radius 1 is 1.19 bits per heavy atom. The molecule has 0 saturated heterocycles. The molecule has 2 rings (SSSR count). The minimum absolute atomic E-state index is 0. The van der Waals surface area contributed by atoms with Crippen molar-refractivity contribution >= 4 is 41.3 Å². The number of aliphatic imine (C=N–C) groups is 1. The molecule has 5 nitrogen and oxygen atoms in total. The summed E-state index contributed by atoms with van der Waals surface area (Å²) in [4.78, 5) is 12.8. The lowest BCUT2D eigenvalue weighted by Crippen LogP contribution is -2.38. The van der Waals surface area contributed by atoms with Crippen LogP contribution in [0.4, 0.5) is 0 Å². The lowest BCUT2D eigenvalue weighted by atomic mass is 10.2. The fraction of sp³-hybridized carbons (Fsp3) is 0.500. The molecule has 2 N–H and O–H groups in total. The van der Waals surface area contributed by atoms with Crippen molar-refractivity contribution in [3.8, 4) is 0 Å². The number of nitrogens with one attached hydrogen (secondary N) is 2. The van der Waals surface area contributed by atoms with Gasteiger partial charge in [-0.1, -0.05) is 30.3 Å². The normalized spacial score (nSPS) is 11.4. The van der Waals surface area contributed by atoms with E-state index in [1.807, 2.05) is 0 Å². The van der Waals surface area contributed by atoms with Gasteiger partial charge in [-0.05, 0) is 46.3 Å². The van der Waals surface area contributed by atoms with E-state index in [0.29, 0.717) is 6.54 Å². The van der Waals surface area contributed by atoms with E-state index in [9.17, 15) is 0 Å². The van der Waals surface area contributed by atoms with E-state index >= 15 is 0 Å². The Morgan fingerprint density at radius 3 is 2.56 bits per heavy atom. The highest BCUT2D eigenvalue weighted by Crippen LogP contribution is 2.16. The van der Waals surface area contributed by atoms with E-state index in [-0.39, 0.29) is 24.0 Å². The molecule has 0 saturated carbocycles. The molecule has 150 valence electrons. The van der Waals surface area contributed by atoms with Crippen LogP contribution in [-0.2, 0) is 13.1 Å². The van der Waals surface area contributed by atoms with Crippen LogP contribution in [0.5, 0.6) is 0 Å². The van der Waals surface area contributed by atoms with Crippen LogP contribution in [0.1, 0.15) is 34.5 Å². The van der Waals surface area contributed by atoms with E-state index in [1.165, 1.54) is 10.4 Å². The Hall–Kier alpha value is -1.19. The van der Waals surface area contributed by atoms with Crippen molar-refractivity contribution in [3.63, 3.8) is 0 Å². The smallest absolute Gasteiger partial charge is 0.191 e. The molecule has 0 unspecified atom stereocenters. The molecule has 0 radical (unpaired) electrons. The molecule has 0 aliphatic heterocycles. The molecule has 2 aromatic rings. The van der Waals surface area contributed by atoms with Gasteiger partial charge in [-0.3, -0.25) is 0 Å². The first-order valence-corrected chi connectivity index (χ1v) is 10.1. The minimum Gasteiger partial charge on any atom is -0.357 e. The summed E-state index contributed by atoms with van der Waals surface area (Å²) in [5.41, 5.74) is 2.46. The number of rotatable bonds is 9. The van der Waals surface area contributed by atoms with E-state index in [4.69, 9.17) is 0 Å². The Bertz CT molecular complexity index is 667. The third-order valence-corrected chi connectivity index (χ3v) is 5.15. The Balaban J connectivity index is 0.00000364. The van der Waals surface area contributed by atoms with Crippen LogP contribution in [0.3, 0.4) is 0 Å². The van der Waals surface area contributed by atoms with Gasteiger partial charge < -0.3 is 15.5 Å². The van der Waals surface area contributed by atoms with Crippen LogP contribution in [0.15, 0.2) is 35.3 Å². The van der Waals surface area contributed by atoms with Gasteiger partial charge in [-0.15, -0.1) is 35.3 Å². The molecule has 1 aromatic carbocycles. The molecule has 27 heavy (non-hydrogen) atoms. The maximum absolute atomic E-state index is 4.65. The summed E-state index contributed by atoms with van der Waals surface area (Å²) in [6, 6.07) is 10.6. The van der Waals surface area contributed by atoms with E-state index in [1.54, 1.807) is 11.3 Å². The van der Waals surface area contributed by atoms with Crippen LogP contribution in [-0.4, -0.2) is 42.5 Å². The van der Waals surface area contributed by atoms with Crippen molar-refractivity contribution in [2.75, 3.05) is 26.7 Å². The number of guanidine groups is 1. The summed E-state index contributed by atoms with van der Waals surface area (Å²) in [5, 5.41) is 7.79. The number of hydrogen-bond donors (Lipinski definition) is 2. The summed E-state index contributed by atoms with van der Waals surface area (Å²) in [6.45, 7) is 10.7. The minimum atomic E-state index is 0. The number of aryl methyl sites for hydroxylation is 2. The molecule has 0 fully saturated rings. The molecule has 0 amide bonds. The Kier molecular flexibility index (Phi) is 11.5. The number of aromatic nitrogens is 1. The lowest BCUT2D eigenvalue weighted by molar-refractivity contribution is 0.322. The van der Waals surface area contributed by atoms with Crippen LogP contribution in [0, 0.1) is 13.8 Å². The average molecular weight is 501 g/mol.